The average Bonchev–Trinajstić information content (AvgIpc) is 3.06. The van der Waals surface area contributed by atoms with Gasteiger partial charge in [-0.1, -0.05) is 57.9 Å². The number of ether oxygens (including phenoxy) is 1. The molecule has 0 saturated carbocycles. The van der Waals surface area contributed by atoms with E-state index in [0.717, 1.165) is 54.0 Å². The summed E-state index contributed by atoms with van der Waals surface area (Å²) in [7, 11) is 0. The molecule has 154 valence electrons. The average molecular weight is 478 g/mol. The van der Waals surface area contributed by atoms with E-state index in [1.807, 2.05) is 47.4 Å². The van der Waals surface area contributed by atoms with Crippen LogP contribution in [-0.2, 0) is 17.7 Å². The fraction of sp³-hybridized carbons (Fsp3) is 0.435. The third-order valence-electron chi connectivity index (χ3n) is 5.85. The van der Waals surface area contributed by atoms with E-state index in [1.54, 1.807) is 0 Å². The van der Waals surface area contributed by atoms with E-state index in [9.17, 15) is 4.79 Å². The predicted octanol–water partition coefficient (Wildman–Crippen LogP) is 5.38. The van der Waals surface area contributed by atoms with Crippen molar-refractivity contribution in [2.24, 2.45) is 5.92 Å². The maximum atomic E-state index is 12.2. The zero-order valence-electron chi connectivity index (χ0n) is 16.4. The number of carbonyl (C=O) groups excluding carboxylic acids is 1. The van der Waals surface area contributed by atoms with Crippen molar-refractivity contribution in [3.63, 3.8) is 0 Å². The van der Waals surface area contributed by atoms with Gasteiger partial charge in [-0.2, -0.15) is 0 Å². The van der Waals surface area contributed by atoms with Crippen LogP contribution in [0.3, 0.4) is 0 Å². The minimum absolute atomic E-state index is 0.0372. The fourth-order valence-corrected chi connectivity index (χ4v) is 4.88. The van der Waals surface area contributed by atoms with Gasteiger partial charge in [-0.05, 0) is 67.6 Å². The monoisotopic (exact) mass is 476 g/mol. The van der Waals surface area contributed by atoms with E-state index < -0.39 is 0 Å². The number of hydrogen-bond acceptors (Lipinski definition) is 3. The summed E-state index contributed by atoms with van der Waals surface area (Å²) >= 11 is 9.79. The normalized spacial score (nSPS) is 20.8. The lowest BCUT2D eigenvalue weighted by Crippen LogP contribution is -2.40. The number of nitrogens with zero attached hydrogens (tertiary/aromatic N) is 2. The first-order valence-electron chi connectivity index (χ1n) is 10.2. The molecule has 2 aliphatic rings. The third-order valence-corrected chi connectivity index (χ3v) is 6.86. The van der Waals surface area contributed by atoms with Gasteiger partial charge < -0.3 is 9.64 Å². The number of amides is 1. The van der Waals surface area contributed by atoms with E-state index in [2.05, 4.69) is 26.9 Å². The first kappa shape index (κ1) is 20.7. The molecule has 0 N–H and O–H groups in total. The minimum atomic E-state index is -0.195. The van der Waals surface area contributed by atoms with Crippen LogP contribution in [0, 0.1) is 5.92 Å². The Hall–Kier alpha value is -1.56. The van der Waals surface area contributed by atoms with Gasteiger partial charge in [-0.3, -0.25) is 4.90 Å². The van der Waals surface area contributed by atoms with Crippen molar-refractivity contribution >= 4 is 33.6 Å². The molecule has 2 heterocycles. The van der Waals surface area contributed by atoms with Gasteiger partial charge in [0.05, 0.1) is 6.54 Å². The topological polar surface area (TPSA) is 32.8 Å². The summed E-state index contributed by atoms with van der Waals surface area (Å²) in [5, 5.41) is 0.795. The quantitative estimate of drug-likeness (QED) is 0.560. The lowest BCUT2D eigenvalue weighted by atomic mass is 9.90. The standard InChI is InChI=1S/C23H26BrClN2O2/c24-22-7-6-20(25)13-19(22)12-17-8-10-26(11-9-17)15-21-16-27(23(28)29-21)14-18-4-2-1-3-5-18/h1-7,13,17,21H,8-12,14-16H2. The summed E-state index contributed by atoms with van der Waals surface area (Å²) in [5.41, 5.74) is 2.43. The highest BCUT2D eigenvalue weighted by atomic mass is 79.9. The van der Waals surface area contributed by atoms with Crippen LogP contribution in [0.2, 0.25) is 5.02 Å². The molecule has 0 bridgehead atoms. The number of rotatable bonds is 6. The Morgan fingerprint density at radius 1 is 1.10 bits per heavy atom. The van der Waals surface area contributed by atoms with E-state index in [-0.39, 0.29) is 12.2 Å². The van der Waals surface area contributed by atoms with Gasteiger partial charge in [0.2, 0.25) is 0 Å². The van der Waals surface area contributed by atoms with Crippen molar-refractivity contribution in [3.8, 4) is 0 Å². The van der Waals surface area contributed by atoms with Gasteiger partial charge in [0.15, 0.2) is 0 Å². The molecule has 4 nitrogen and oxygen atoms in total. The highest BCUT2D eigenvalue weighted by Gasteiger charge is 2.33. The number of likely N-dealkylation sites (tertiary alicyclic amines) is 1. The van der Waals surface area contributed by atoms with E-state index in [1.165, 1.54) is 5.56 Å². The summed E-state index contributed by atoms with van der Waals surface area (Å²) < 4.78 is 6.76. The van der Waals surface area contributed by atoms with Gasteiger partial charge in [0, 0.05) is 22.6 Å². The van der Waals surface area contributed by atoms with E-state index in [4.69, 9.17) is 16.3 Å². The molecule has 2 aromatic carbocycles. The second kappa shape index (κ2) is 9.50. The van der Waals surface area contributed by atoms with Crippen LogP contribution in [0.25, 0.3) is 0 Å². The zero-order valence-corrected chi connectivity index (χ0v) is 18.7. The molecular weight excluding hydrogens is 452 g/mol. The number of benzene rings is 2. The number of cyclic esters (lactones) is 1. The summed E-state index contributed by atoms with van der Waals surface area (Å²) in [6, 6.07) is 16.1. The Morgan fingerprint density at radius 2 is 1.86 bits per heavy atom. The van der Waals surface area contributed by atoms with Crippen molar-refractivity contribution in [1.82, 2.24) is 9.80 Å². The van der Waals surface area contributed by atoms with Gasteiger partial charge in [-0.25, -0.2) is 4.79 Å². The molecule has 2 aromatic rings. The maximum Gasteiger partial charge on any atom is 0.410 e. The van der Waals surface area contributed by atoms with Crippen LogP contribution in [0.4, 0.5) is 4.79 Å². The Bertz CT molecular complexity index is 840. The molecule has 0 aliphatic carbocycles. The first-order valence-corrected chi connectivity index (χ1v) is 11.4. The maximum absolute atomic E-state index is 12.2. The van der Waals surface area contributed by atoms with Crippen LogP contribution in [0.15, 0.2) is 53.0 Å². The molecule has 2 fully saturated rings. The molecule has 1 amide bonds. The zero-order chi connectivity index (χ0) is 20.2. The van der Waals surface area contributed by atoms with Crippen molar-refractivity contribution < 1.29 is 9.53 Å². The molecule has 1 atom stereocenters. The second-order valence-electron chi connectivity index (χ2n) is 8.06. The Balaban J connectivity index is 1.24. The molecule has 4 rings (SSSR count). The Morgan fingerprint density at radius 3 is 2.62 bits per heavy atom. The molecule has 6 heteroatoms. The lowest BCUT2D eigenvalue weighted by molar-refractivity contribution is 0.0904. The predicted molar refractivity (Wildman–Crippen MR) is 119 cm³/mol. The number of hydrogen-bond donors (Lipinski definition) is 0. The number of piperidine rings is 1. The molecule has 2 saturated heterocycles. The smallest absolute Gasteiger partial charge is 0.410 e. The highest BCUT2D eigenvalue weighted by molar-refractivity contribution is 9.10. The minimum Gasteiger partial charge on any atom is -0.443 e. The van der Waals surface area contributed by atoms with Gasteiger partial charge in [0.1, 0.15) is 6.10 Å². The molecular formula is C23H26BrClN2O2. The molecule has 0 aromatic heterocycles. The lowest BCUT2D eigenvalue weighted by Gasteiger charge is -2.33. The summed E-state index contributed by atoms with van der Waals surface area (Å²) in [4.78, 5) is 16.5. The van der Waals surface area contributed by atoms with Crippen LogP contribution in [-0.4, -0.2) is 48.2 Å². The molecule has 0 radical (unpaired) electrons. The second-order valence-corrected chi connectivity index (χ2v) is 9.35. The van der Waals surface area contributed by atoms with Gasteiger partial charge in [-0.15, -0.1) is 0 Å². The van der Waals surface area contributed by atoms with E-state index >= 15 is 0 Å². The largest absolute Gasteiger partial charge is 0.443 e. The molecule has 0 spiro atoms. The molecule has 2 aliphatic heterocycles. The highest BCUT2D eigenvalue weighted by Crippen LogP contribution is 2.28. The fourth-order valence-electron chi connectivity index (χ4n) is 4.27. The van der Waals surface area contributed by atoms with Crippen molar-refractivity contribution in [2.75, 3.05) is 26.2 Å². The Labute approximate surface area is 185 Å². The summed E-state index contributed by atoms with van der Waals surface area (Å²) in [6.07, 6.45) is 3.14. The van der Waals surface area contributed by atoms with Crippen molar-refractivity contribution in [3.05, 3.63) is 69.2 Å². The van der Waals surface area contributed by atoms with Crippen LogP contribution < -0.4 is 0 Å². The van der Waals surface area contributed by atoms with Crippen LogP contribution in [0.1, 0.15) is 24.0 Å². The summed E-state index contributed by atoms with van der Waals surface area (Å²) in [6.45, 7) is 4.21. The molecule has 1 unspecified atom stereocenters. The van der Waals surface area contributed by atoms with Crippen LogP contribution >= 0.6 is 27.5 Å². The summed E-state index contributed by atoms with van der Waals surface area (Å²) in [5.74, 6) is 0.668. The Kier molecular flexibility index (Phi) is 6.78. The third kappa shape index (κ3) is 5.53. The van der Waals surface area contributed by atoms with E-state index in [0.29, 0.717) is 19.0 Å². The van der Waals surface area contributed by atoms with Crippen molar-refractivity contribution in [1.29, 1.82) is 0 Å². The first-order chi connectivity index (χ1) is 14.1. The number of carbonyl (C=O) groups is 1. The SMILES string of the molecule is O=C1OC(CN2CCC(Cc3cc(Cl)ccc3Br)CC2)CN1Cc1ccccc1. The molecule has 29 heavy (non-hydrogen) atoms. The van der Waals surface area contributed by atoms with Crippen molar-refractivity contribution in [2.45, 2.75) is 31.9 Å². The number of halogens is 2. The van der Waals surface area contributed by atoms with Gasteiger partial charge >= 0.3 is 6.09 Å². The van der Waals surface area contributed by atoms with Gasteiger partial charge in [0.25, 0.3) is 0 Å². The van der Waals surface area contributed by atoms with Crippen LogP contribution in [0.5, 0.6) is 0 Å².